The minimum Gasteiger partial charge on any atom is -0.464 e. The maximum atomic E-state index is 13.6. The van der Waals surface area contributed by atoms with Crippen molar-refractivity contribution >= 4 is 22.1 Å². The number of fused-ring (bicyclic) bond motifs is 3. The van der Waals surface area contributed by atoms with Gasteiger partial charge in [-0.2, -0.15) is 8.42 Å². The summed E-state index contributed by atoms with van der Waals surface area (Å²) >= 11 is 0. The number of ether oxygens (including phenoxy) is 2. The zero-order valence-corrected chi connectivity index (χ0v) is 22.3. The summed E-state index contributed by atoms with van der Waals surface area (Å²) in [6.45, 7) is 3.35. The van der Waals surface area contributed by atoms with Crippen molar-refractivity contribution in [2.24, 2.45) is 11.7 Å². The van der Waals surface area contributed by atoms with E-state index in [0.29, 0.717) is 5.56 Å². The molecule has 0 radical (unpaired) electrons. The van der Waals surface area contributed by atoms with E-state index in [0.717, 1.165) is 28.5 Å². The fourth-order valence-electron chi connectivity index (χ4n) is 4.82. The molecule has 0 spiro atoms. The van der Waals surface area contributed by atoms with E-state index in [-0.39, 0.29) is 24.8 Å². The second kappa shape index (κ2) is 11.4. The highest BCUT2D eigenvalue weighted by Crippen LogP contribution is 2.44. The van der Waals surface area contributed by atoms with E-state index in [1.807, 2.05) is 48.5 Å². The molecule has 2 unspecified atom stereocenters. The molecule has 1 aliphatic carbocycles. The van der Waals surface area contributed by atoms with Gasteiger partial charge in [0.2, 0.25) is 0 Å². The Balaban J connectivity index is 1.62. The van der Waals surface area contributed by atoms with Gasteiger partial charge >= 0.3 is 22.1 Å². The highest BCUT2D eigenvalue weighted by atomic mass is 32.2. The first-order chi connectivity index (χ1) is 18.1. The Kier molecular flexibility index (Phi) is 8.18. The van der Waals surface area contributed by atoms with E-state index >= 15 is 0 Å². The van der Waals surface area contributed by atoms with Gasteiger partial charge in [-0.3, -0.25) is 9.59 Å². The molecule has 0 saturated heterocycles. The van der Waals surface area contributed by atoms with Gasteiger partial charge in [0.1, 0.15) is 12.4 Å². The third kappa shape index (κ3) is 6.06. The van der Waals surface area contributed by atoms with Crippen LogP contribution in [0.4, 0.5) is 0 Å². The van der Waals surface area contributed by atoms with Crippen LogP contribution >= 0.6 is 0 Å². The van der Waals surface area contributed by atoms with Crippen LogP contribution in [-0.2, 0) is 29.2 Å². The summed E-state index contributed by atoms with van der Waals surface area (Å²) in [5, 5.41) is 0. The fourth-order valence-corrected chi connectivity index (χ4v) is 5.28. The second-order valence-corrected chi connectivity index (χ2v) is 11.1. The molecule has 0 aliphatic heterocycles. The predicted molar refractivity (Wildman–Crippen MR) is 143 cm³/mol. The molecule has 9 heteroatoms. The normalized spacial score (nSPS) is 14.3. The predicted octanol–water partition coefficient (Wildman–Crippen LogP) is 3.99. The molecular weight excluding hydrogens is 506 g/mol. The van der Waals surface area contributed by atoms with E-state index in [4.69, 9.17) is 19.4 Å². The van der Waals surface area contributed by atoms with Crippen LogP contribution in [0.2, 0.25) is 0 Å². The number of carbonyl (C=O) groups is 2. The van der Waals surface area contributed by atoms with E-state index in [2.05, 4.69) is 0 Å². The largest absolute Gasteiger partial charge is 0.464 e. The zero-order chi connectivity index (χ0) is 27.4. The molecule has 2 atom stereocenters. The molecule has 3 aromatic rings. The van der Waals surface area contributed by atoms with Crippen molar-refractivity contribution in [2.75, 3.05) is 19.4 Å². The van der Waals surface area contributed by atoms with Crippen LogP contribution in [0.15, 0.2) is 72.8 Å². The Bertz CT molecular complexity index is 1370. The zero-order valence-electron chi connectivity index (χ0n) is 21.5. The summed E-state index contributed by atoms with van der Waals surface area (Å²) in [5.74, 6) is -3.38. The third-order valence-electron chi connectivity index (χ3n) is 6.41. The quantitative estimate of drug-likeness (QED) is 0.304. The van der Waals surface area contributed by atoms with Crippen molar-refractivity contribution in [3.63, 3.8) is 0 Å². The van der Waals surface area contributed by atoms with Crippen LogP contribution in [0, 0.1) is 5.92 Å². The van der Waals surface area contributed by atoms with Crippen LogP contribution in [-0.4, -0.2) is 45.9 Å². The Labute approximate surface area is 222 Å². The number of esters is 2. The summed E-state index contributed by atoms with van der Waals surface area (Å²) in [4.78, 5) is 26.5. The summed E-state index contributed by atoms with van der Waals surface area (Å²) in [5.41, 5.74) is 10.7. The van der Waals surface area contributed by atoms with Crippen molar-refractivity contribution in [2.45, 2.75) is 31.8 Å². The average molecular weight is 538 g/mol. The Morgan fingerprint density at radius 1 is 0.868 bits per heavy atom. The summed E-state index contributed by atoms with van der Waals surface area (Å²) in [6, 6.07) is 21.9. The highest BCUT2D eigenvalue weighted by Gasteiger charge is 2.38. The van der Waals surface area contributed by atoms with E-state index in [1.54, 1.807) is 13.8 Å². The number of hydrogen-bond donors (Lipinski definition) is 1. The molecule has 4 rings (SSSR count). The van der Waals surface area contributed by atoms with E-state index < -0.39 is 40.0 Å². The monoisotopic (exact) mass is 537 g/mol. The van der Waals surface area contributed by atoms with Crippen molar-refractivity contribution in [1.82, 2.24) is 0 Å². The number of hydrogen-bond acceptors (Lipinski definition) is 8. The lowest BCUT2D eigenvalue weighted by atomic mass is 9.85. The lowest BCUT2D eigenvalue weighted by Crippen LogP contribution is -2.37. The van der Waals surface area contributed by atoms with Crippen LogP contribution in [0.25, 0.3) is 11.1 Å². The molecule has 0 saturated carbocycles. The Hall–Kier alpha value is -3.69. The third-order valence-corrected chi connectivity index (χ3v) is 6.90. The maximum absolute atomic E-state index is 13.6. The summed E-state index contributed by atoms with van der Waals surface area (Å²) in [6.07, 6.45) is 0.539. The molecule has 0 fully saturated rings. The van der Waals surface area contributed by atoms with Crippen LogP contribution in [0.5, 0.6) is 5.75 Å². The van der Waals surface area contributed by atoms with Crippen LogP contribution in [0.3, 0.4) is 0 Å². The summed E-state index contributed by atoms with van der Waals surface area (Å²) < 4.78 is 39.1. The van der Waals surface area contributed by atoms with Crippen LogP contribution in [0.1, 0.15) is 42.4 Å². The van der Waals surface area contributed by atoms with Gasteiger partial charge in [0, 0.05) is 12.5 Å². The minimum absolute atomic E-state index is 0.0785. The standard InChI is InChI=1S/C29H31NO7S/c1-18(2)36-28(31)25(16-30)27(19-12-14-20(15-13-19)37-38(3,33)34)29(32)35-17-26-23-10-6-4-8-21(23)22-9-5-7-11-24(22)26/h4-15,18,25-27H,16-17,30H2,1-3H3. The lowest BCUT2D eigenvalue weighted by molar-refractivity contribution is -0.159. The first kappa shape index (κ1) is 27.3. The number of rotatable bonds is 10. The Morgan fingerprint density at radius 2 is 1.42 bits per heavy atom. The van der Waals surface area contributed by atoms with Gasteiger partial charge in [0.05, 0.1) is 24.2 Å². The van der Waals surface area contributed by atoms with Crippen molar-refractivity contribution in [3.05, 3.63) is 89.5 Å². The molecule has 200 valence electrons. The van der Waals surface area contributed by atoms with Gasteiger partial charge in [0.15, 0.2) is 0 Å². The van der Waals surface area contributed by atoms with Crippen molar-refractivity contribution < 1.29 is 31.7 Å². The number of benzene rings is 3. The molecule has 8 nitrogen and oxygen atoms in total. The fraction of sp³-hybridized carbons (Fsp3) is 0.310. The first-order valence-corrected chi connectivity index (χ1v) is 14.2. The molecular formula is C29H31NO7S. The van der Waals surface area contributed by atoms with Gasteiger partial charge in [-0.25, -0.2) is 0 Å². The second-order valence-electron chi connectivity index (χ2n) is 9.52. The lowest BCUT2D eigenvalue weighted by Gasteiger charge is -2.25. The maximum Gasteiger partial charge on any atom is 0.314 e. The topological polar surface area (TPSA) is 122 Å². The minimum atomic E-state index is -3.73. The molecule has 1 aliphatic rings. The van der Waals surface area contributed by atoms with Gasteiger partial charge in [0.25, 0.3) is 0 Å². The number of nitrogens with two attached hydrogens (primary N) is 1. The van der Waals surface area contributed by atoms with Crippen molar-refractivity contribution in [1.29, 1.82) is 0 Å². The smallest absolute Gasteiger partial charge is 0.314 e. The average Bonchev–Trinajstić information content (AvgIpc) is 3.18. The van der Waals surface area contributed by atoms with Gasteiger partial charge in [-0.05, 0) is 53.8 Å². The SMILES string of the molecule is CC(C)OC(=O)C(CN)C(C(=O)OCC1c2ccccc2-c2ccccc21)c1ccc(OS(C)(=O)=O)cc1. The molecule has 0 aromatic heterocycles. The van der Waals surface area contributed by atoms with Gasteiger partial charge < -0.3 is 19.4 Å². The van der Waals surface area contributed by atoms with E-state index in [9.17, 15) is 18.0 Å². The molecule has 3 aromatic carbocycles. The molecule has 2 N–H and O–H groups in total. The number of carbonyl (C=O) groups excluding carboxylic acids is 2. The van der Waals surface area contributed by atoms with Gasteiger partial charge in [-0.1, -0.05) is 60.7 Å². The first-order valence-electron chi connectivity index (χ1n) is 12.3. The van der Waals surface area contributed by atoms with Gasteiger partial charge in [-0.15, -0.1) is 0 Å². The molecule has 0 bridgehead atoms. The van der Waals surface area contributed by atoms with Crippen molar-refractivity contribution in [3.8, 4) is 16.9 Å². The van der Waals surface area contributed by atoms with E-state index in [1.165, 1.54) is 24.3 Å². The molecule has 38 heavy (non-hydrogen) atoms. The highest BCUT2D eigenvalue weighted by molar-refractivity contribution is 7.86. The molecule has 0 heterocycles. The molecule has 0 amide bonds. The Morgan fingerprint density at radius 3 is 1.92 bits per heavy atom. The van der Waals surface area contributed by atoms with Crippen LogP contribution < -0.4 is 9.92 Å². The summed E-state index contributed by atoms with van der Waals surface area (Å²) in [7, 11) is -3.73.